The molecule has 7 nitrogen and oxygen atoms in total. The molecule has 152 valence electrons. The molecule has 1 aromatic rings. The van der Waals surface area contributed by atoms with Gasteiger partial charge in [0.15, 0.2) is 0 Å². The van der Waals surface area contributed by atoms with Crippen LogP contribution < -0.4 is 5.32 Å². The predicted molar refractivity (Wildman–Crippen MR) is 101 cm³/mol. The quantitative estimate of drug-likeness (QED) is 0.684. The largest absolute Gasteiger partial charge is 0.352 e. The third kappa shape index (κ3) is 5.74. The molecule has 27 heavy (non-hydrogen) atoms. The molecule has 0 aromatic heterocycles. The summed E-state index contributed by atoms with van der Waals surface area (Å²) < 4.78 is 40.6. The number of halogens is 1. The highest BCUT2D eigenvalue weighted by molar-refractivity contribution is 7.89. The van der Waals surface area contributed by atoms with Gasteiger partial charge in [0.05, 0.1) is 6.54 Å². The molecule has 0 aliphatic carbocycles. The fraction of sp³-hybridized carbons (Fsp3) is 0.556. The van der Waals surface area contributed by atoms with Gasteiger partial charge >= 0.3 is 0 Å². The molecule has 0 radical (unpaired) electrons. The van der Waals surface area contributed by atoms with Crippen molar-refractivity contribution in [2.24, 2.45) is 0 Å². The first kappa shape index (κ1) is 23.0. The number of hydrogen-bond acceptors (Lipinski definition) is 4. The van der Waals surface area contributed by atoms with E-state index in [1.165, 1.54) is 11.0 Å². The minimum Gasteiger partial charge on any atom is -0.352 e. The fourth-order valence-electron chi connectivity index (χ4n) is 2.59. The van der Waals surface area contributed by atoms with Crippen LogP contribution in [0.3, 0.4) is 0 Å². The lowest BCUT2D eigenvalue weighted by Gasteiger charge is -2.22. The second-order valence-electron chi connectivity index (χ2n) is 6.28. The highest BCUT2D eigenvalue weighted by Gasteiger charge is 2.27. The van der Waals surface area contributed by atoms with E-state index in [0.717, 1.165) is 16.4 Å². The Bertz CT molecular complexity index is 777. The van der Waals surface area contributed by atoms with Gasteiger partial charge in [-0.3, -0.25) is 9.59 Å². The van der Waals surface area contributed by atoms with Gasteiger partial charge in [0.25, 0.3) is 5.91 Å². The number of nitrogens with zero attached hydrogens (tertiary/aromatic N) is 2. The molecular weight excluding hydrogens is 373 g/mol. The van der Waals surface area contributed by atoms with Crippen LogP contribution in [0.5, 0.6) is 0 Å². The number of benzene rings is 1. The van der Waals surface area contributed by atoms with E-state index in [1.807, 2.05) is 0 Å². The molecule has 0 unspecified atom stereocenters. The summed E-state index contributed by atoms with van der Waals surface area (Å²) in [6, 6.07) is 3.16. The molecule has 2 amide bonds. The van der Waals surface area contributed by atoms with Gasteiger partial charge < -0.3 is 10.2 Å². The van der Waals surface area contributed by atoms with Crippen molar-refractivity contribution in [1.29, 1.82) is 0 Å². The number of carbonyl (C=O) groups is 2. The van der Waals surface area contributed by atoms with Crippen molar-refractivity contribution in [3.05, 3.63) is 29.6 Å². The Morgan fingerprint density at radius 3 is 2.19 bits per heavy atom. The summed E-state index contributed by atoms with van der Waals surface area (Å²) in [5.74, 6) is -1.77. The Balaban J connectivity index is 3.20. The first-order valence-electron chi connectivity index (χ1n) is 8.96. The van der Waals surface area contributed by atoms with E-state index in [0.29, 0.717) is 0 Å². The summed E-state index contributed by atoms with van der Waals surface area (Å²) >= 11 is 0. The van der Waals surface area contributed by atoms with E-state index >= 15 is 0 Å². The van der Waals surface area contributed by atoms with Crippen LogP contribution in [0.15, 0.2) is 23.1 Å². The molecular formula is C18H28FN3O4S. The van der Waals surface area contributed by atoms with E-state index < -0.39 is 26.6 Å². The molecule has 1 N–H and O–H groups in total. The van der Waals surface area contributed by atoms with Gasteiger partial charge in [-0.05, 0) is 39.0 Å². The molecule has 0 heterocycles. The maximum atomic E-state index is 14.2. The number of sulfonamides is 1. The number of likely N-dealkylation sites (N-methyl/N-ethyl adjacent to an activating group) is 1. The first-order chi connectivity index (χ1) is 12.6. The number of hydrogen-bond donors (Lipinski definition) is 1. The topological polar surface area (TPSA) is 86.8 Å². The zero-order chi connectivity index (χ0) is 20.8. The number of nitrogens with one attached hydrogen (secondary N) is 1. The monoisotopic (exact) mass is 401 g/mol. The van der Waals surface area contributed by atoms with E-state index in [1.54, 1.807) is 34.6 Å². The molecule has 0 spiro atoms. The average Bonchev–Trinajstić information content (AvgIpc) is 2.59. The van der Waals surface area contributed by atoms with E-state index in [4.69, 9.17) is 0 Å². The van der Waals surface area contributed by atoms with Crippen molar-refractivity contribution in [3.63, 3.8) is 0 Å². The van der Waals surface area contributed by atoms with Crippen molar-refractivity contribution < 1.29 is 22.4 Å². The summed E-state index contributed by atoms with van der Waals surface area (Å²) in [6.45, 7) is 9.08. The van der Waals surface area contributed by atoms with Crippen LogP contribution in [0.2, 0.25) is 0 Å². The molecule has 1 rings (SSSR count). The van der Waals surface area contributed by atoms with E-state index in [9.17, 15) is 22.4 Å². The second-order valence-corrected chi connectivity index (χ2v) is 8.18. The lowest BCUT2D eigenvalue weighted by atomic mass is 10.2. The minimum atomic E-state index is -4.05. The molecule has 0 saturated carbocycles. The van der Waals surface area contributed by atoms with Gasteiger partial charge in [0.2, 0.25) is 15.9 Å². The molecule has 0 atom stereocenters. The third-order valence-electron chi connectivity index (χ3n) is 3.95. The Labute approximate surface area is 160 Å². The normalized spacial score (nSPS) is 11.7. The van der Waals surface area contributed by atoms with Crippen molar-refractivity contribution in [2.45, 2.75) is 45.6 Å². The molecule has 0 bridgehead atoms. The van der Waals surface area contributed by atoms with E-state index in [2.05, 4.69) is 5.32 Å². The summed E-state index contributed by atoms with van der Waals surface area (Å²) in [6.07, 6.45) is 0. The van der Waals surface area contributed by atoms with Crippen LogP contribution in [-0.2, 0) is 14.8 Å². The lowest BCUT2D eigenvalue weighted by molar-refractivity contribution is -0.122. The number of carbonyl (C=O) groups excluding carboxylic acids is 2. The van der Waals surface area contributed by atoms with Gasteiger partial charge in [0.1, 0.15) is 10.7 Å². The summed E-state index contributed by atoms with van der Waals surface area (Å²) in [4.78, 5) is 25.4. The Morgan fingerprint density at radius 1 is 1.11 bits per heavy atom. The van der Waals surface area contributed by atoms with Crippen molar-refractivity contribution in [3.8, 4) is 0 Å². The smallest absolute Gasteiger partial charge is 0.254 e. The molecule has 9 heteroatoms. The SMILES string of the molecule is CCN(CC(=O)NC(C)C)C(=O)c1ccc(F)c(S(=O)(=O)N(CC)CC)c1. The van der Waals surface area contributed by atoms with E-state index in [-0.39, 0.29) is 43.7 Å². The summed E-state index contributed by atoms with van der Waals surface area (Å²) in [5.41, 5.74) is 0.0151. The molecule has 1 aromatic carbocycles. The second kappa shape index (κ2) is 9.80. The summed E-state index contributed by atoms with van der Waals surface area (Å²) in [5, 5.41) is 2.69. The van der Waals surface area contributed by atoms with Crippen LogP contribution in [-0.4, -0.2) is 61.7 Å². The van der Waals surface area contributed by atoms with Crippen LogP contribution in [0.25, 0.3) is 0 Å². The highest BCUT2D eigenvalue weighted by atomic mass is 32.2. The predicted octanol–water partition coefficient (Wildman–Crippen LogP) is 1.84. The van der Waals surface area contributed by atoms with Crippen LogP contribution in [0.4, 0.5) is 4.39 Å². The van der Waals surface area contributed by atoms with Gasteiger partial charge in [-0.1, -0.05) is 13.8 Å². The highest BCUT2D eigenvalue weighted by Crippen LogP contribution is 2.21. The zero-order valence-electron chi connectivity index (χ0n) is 16.5. The zero-order valence-corrected chi connectivity index (χ0v) is 17.3. The number of amides is 2. The van der Waals surface area contributed by atoms with Gasteiger partial charge in [-0.2, -0.15) is 4.31 Å². The fourth-order valence-corrected chi connectivity index (χ4v) is 4.14. The Kier molecular flexibility index (Phi) is 8.36. The third-order valence-corrected chi connectivity index (χ3v) is 6.02. The lowest BCUT2D eigenvalue weighted by Crippen LogP contribution is -2.42. The minimum absolute atomic E-state index is 0.0151. The maximum absolute atomic E-state index is 14.2. The van der Waals surface area contributed by atoms with Crippen LogP contribution in [0.1, 0.15) is 45.0 Å². The Morgan fingerprint density at radius 2 is 1.70 bits per heavy atom. The summed E-state index contributed by atoms with van der Waals surface area (Å²) in [7, 11) is -4.05. The Hall–Kier alpha value is -2.00. The van der Waals surface area contributed by atoms with Gasteiger partial charge in [-0.25, -0.2) is 12.8 Å². The van der Waals surface area contributed by atoms with Crippen molar-refractivity contribution in [1.82, 2.24) is 14.5 Å². The average molecular weight is 402 g/mol. The first-order valence-corrected chi connectivity index (χ1v) is 10.4. The van der Waals surface area contributed by atoms with Crippen molar-refractivity contribution >= 4 is 21.8 Å². The van der Waals surface area contributed by atoms with Gasteiger partial charge in [0, 0.05) is 31.2 Å². The molecule has 0 aliphatic rings. The van der Waals surface area contributed by atoms with Crippen molar-refractivity contribution in [2.75, 3.05) is 26.2 Å². The standard InChI is InChI=1S/C18H28FN3O4S/c1-6-21(12-17(23)20-13(4)5)18(24)14-9-10-15(19)16(11-14)27(25,26)22(7-2)8-3/h9-11,13H,6-8,12H2,1-5H3,(H,20,23). The molecule has 0 fully saturated rings. The number of rotatable bonds is 9. The van der Waals surface area contributed by atoms with Crippen LogP contribution in [0, 0.1) is 5.82 Å². The molecule has 0 saturated heterocycles. The maximum Gasteiger partial charge on any atom is 0.254 e. The van der Waals surface area contributed by atoms with Crippen LogP contribution >= 0.6 is 0 Å². The molecule has 0 aliphatic heterocycles. The van der Waals surface area contributed by atoms with Gasteiger partial charge in [-0.15, -0.1) is 0 Å².